The molecule has 1 aromatic carbocycles. The number of ether oxygens (including phenoxy) is 1. The molecule has 0 aliphatic carbocycles. The van der Waals surface area contributed by atoms with E-state index in [9.17, 15) is 0 Å². The van der Waals surface area contributed by atoms with Crippen LogP contribution in [-0.4, -0.2) is 4.98 Å². The predicted octanol–water partition coefficient (Wildman–Crippen LogP) is 3.75. The highest BCUT2D eigenvalue weighted by Crippen LogP contribution is 2.29. The Bertz CT molecular complexity index is 516. The summed E-state index contributed by atoms with van der Waals surface area (Å²) in [6.07, 6.45) is 1.66. The summed E-state index contributed by atoms with van der Waals surface area (Å²) in [5.74, 6) is 1.06. The normalized spacial score (nSPS) is 10.3. The van der Waals surface area contributed by atoms with E-state index in [1.54, 1.807) is 24.4 Å². The Hall–Kier alpha value is -1.10. The van der Waals surface area contributed by atoms with Gasteiger partial charge in [0.2, 0.25) is 5.88 Å². The van der Waals surface area contributed by atoms with Gasteiger partial charge in [-0.2, -0.15) is 0 Å². The average molecular weight is 314 g/mol. The fourth-order valence-electron chi connectivity index (χ4n) is 1.29. The molecule has 17 heavy (non-hydrogen) atoms. The summed E-state index contributed by atoms with van der Waals surface area (Å²) < 4.78 is 6.46. The molecule has 2 rings (SSSR count). The Labute approximate surface area is 113 Å². The molecule has 0 saturated heterocycles. The predicted molar refractivity (Wildman–Crippen MR) is 71.4 cm³/mol. The summed E-state index contributed by atoms with van der Waals surface area (Å²) in [7, 11) is 0. The quantitative estimate of drug-likeness (QED) is 0.939. The molecule has 0 fully saturated rings. The highest BCUT2D eigenvalue weighted by molar-refractivity contribution is 9.10. The summed E-state index contributed by atoms with van der Waals surface area (Å²) in [5.41, 5.74) is 6.48. The minimum atomic E-state index is 0.455. The molecular formula is C12H10BrClN2O. The maximum Gasteiger partial charge on any atom is 0.219 e. The number of hydrogen-bond acceptors (Lipinski definition) is 3. The van der Waals surface area contributed by atoms with Gasteiger partial charge in [0.15, 0.2) is 0 Å². The monoisotopic (exact) mass is 312 g/mol. The number of halogens is 2. The number of nitrogens with zero attached hydrogens (tertiary/aromatic N) is 1. The molecule has 3 nitrogen and oxygen atoms in total. The van der Waals surface area contributed by atoms with Crippen LogP contribution in [0.3, 0.4) is 0 Å². The summed E-state index contributed by atoms with van der Waals surface area (Å²) in [4.78, 5) is 4.10. The highest BCUT2D eigenvalue weighted by Gasteiger charge is 2.04. The molecule has 2 N–H and O–H groups in total. The Morgan fingerprint density at radius 3 is 2.71 bits per heavy atom. The third-order valence-corrected chi connectivity index (χ3v) is 2.91. The van der Waals surface area contributed by atoms with Crippen molar-refractivity contribution in [1.82, 2.24) is 4.98 Å². The first kappa shape index (κ1) is 12.4. The van der Waals surface area contributed by atoms with Gasteiger partial charge in [0.05, 0.1) is 5.02 Å². The van der Waals surface area contributed by atoms with Gasteiger partial charge in [0.1, 0.15) is 5.75 Å². The van der Waals surface area contributed by atoms with E-state index in [-0.39, 0.29) is 0 Å². The average Bonchev–Trinajstić information content (AvgIpc) is 2.34. The van der Waals surface area contributed by atoms with E-state index >= 15 is 0 Å². The first-order valence-electron chi connectivity index (χ1n) is 4.97. The van der Waals surface area contributed by atoms with Crippen molar-refractivity contribution in [1.29, 1.82) is 0 Å². The van der Waals surface area contributed by atoms with Gasteiger partial charge in [-0.3, -0.25) is 0 Å². The Balaban J connectivity index is 2.21. The van der Waals surface area contributed by atoms with Crippen LogP contribution in [-0.2, 0) is 6.54 Å². The first-order chi connectivity index (χ1) is 8.19. The van der Waals surface area contributed by atoms with Gasteiger partial charge in [-0.15, -0.1) is 0 Å². The molecule has 0 bridgehead atoms. The molecule has 0 spiro atoms. The lowest BCUT2D eigenvalue weighted by atomic mass is 10.2. The molecular weight excluding hydrogens is 304 g/mol. The van der Waals surface area contributed by atoms with Crippen molar-refractivity contribution < 1.29 is 4.74 Å². The van der Waals surface area contributed by atoms with Crippen molar-refractivity contribution in [3.8, 4) is 11.6 Å². The molecule has 0 amide bonds. The van der Waals surface area contributed by atoms with Crippen LogP contribution in [0.1, 0.15) is 5.56 Å². The van der Waals surface area contributed by atoms with E-state index < -0.39 is 0 Å². The van der Waals surface area contributed by atoms with Crippen LogP contribution in [0, 0.1) is 0 Å². The third-order valence-electron chi connectivity index (χ3n) is 2.15. The number of benzene rings is 1. The number of nitrogens with two attached hydrogens (primary N) is 1. The Morgan fingerprint density at radius 2 is 2.12 bits per heavy atom. The first-order valence-corrected chi connectivity index (χ1v) is 6.14. The van der Waals surface area contributed by atoms with E-state index in [0.717, 1.165) is 10.0 Å². The number of pyridine rings is 1. The van der Waals surface area contributed by atoms with Crippen LogP contribution in [0.15, 0.2) is 41.0 Å². The zero-order valence-electron chi connectivity index (χ0n) is 8.86. The maximum atomic E-state index is 6.07. The molecule has 0 radical (unpaired) electrons. The van der Waals surface area contributed by atoms with Gasteiger partial charge >= 0.3 is 0 Å². The highest BCUT2D eigenvalue weighted by atomic mass is 79.9. The second kappa shape index (κ2) is 5.49. The largest absolute Gasteiger partial charge is 0.437 e. The zero-order chi connectivity index (χ0) is 12.3. The van der Waals surface area contributed by atoms with Crippen LogP contribution in [0.25, 0.3) is 0 Å². The summed E-state index contributed by atoms with van der Waals surface area (Å²) in [6.45, 7) is 0.455. The molecule has 1 heterocycles. The molecule has 0 atom stereocenters. The van der Waals surface area contributed by atoms with E-state index in [4.69, 9.17) is 22.1 Å². The zero-order valence-corrected chi connectivity index (χ0v) is 11.2. The van der Waals surface area contributed by atoms with Crippen LogP contribution in [0.2, 0.25) is 5.02 Å². The van der Waals surface area contributed by atoms with Gasteiger partial charge in [-0.1, -0.05) is 17.7 Å². The van der Waals surface area contributed by atoms with Crippen LogP contribution in [0.5, 0.6) is 11.6 Å². The lowest BCUT2D eigenvalue weighted by molar-refractivity contribution is 0.463. The molecule has 0 unspecified atom stereocenters. The molecule has 5 heteroatoms. The summed E-state index contributed by atoms with van der Waals surface area (Å²) >= 11 is 9.38. The van der Waals surface area contributed by atoms with Crippen LogP contribution < -0.4 is 10.5 Å². The molecule has 88 valence electrons. The lowest BCUT2D eigenvalue weighted by Gasteiger charge is -2.07. The van der Waals surface area contributed by atoms with Gasteiger partial charge in [0.25, 0.3) is 0 Å². The maximum absolute atomic E-state index is 6.07. The Morgan fingerprint density at radius 1 is 1.29 bits per heavy atom. The molecule has 0 aliphatic rings. The molecule has 0 aliphatic heterocycles. The summed E-state index contributed by atoms with van der Waals surface area (Å²) in [6, 6.07) is 9.06. The van der Waals surface area contributed by atoms with Gasteiger partial charge < -0.3 is 10.5 Å². The van der Waals surface area contributed by atoms with E-state index in [1.165, 1.54) is 0 Å². The standard InChI is InChI=1S/C12H10BrClN2O/c13-9-2-4-12(16-7-9)17-11-3-1-8(6-15)5-10(11)14/h1-5,7H,6,15H2. The van der Waals surface area contributed by atoms with Crippen LogP contribution >= 0.6 is 27.5 Å². The molecule has 0 saturated carbocycles. The summed E-state index contributed by atoms with van der Waals surface area (Å²) in [5, 5.41) is 0.526. The van der Waals surface area contributed by atoms with Gasteiger partial charge in [0, 0.05) is 23.3 Å². The van der Waals surface area contributed by atoms with Gasteiger partial charge in [-0.25, -0.2) is 4.98 Å². The SMILES string of the molecule is NCc1ccc(Oc2ccc(Br)cn2)c(Cl)c1. The van der Waals surface area contributed by atoms with Crippen LogP contribution in [0.4, 0.5) is 0 Å². The number of rotatable bonds is 3. The number of aromatic nitrogens is 1. The molecule has 2 aromatic rings. The van der Waals surface area contributed by atoms with Crippen molar-refractivity contribution in [2.24, 2.45) is 5.73 Å². The van der Waals surface area contributed by atoms with E-state index in [2.05, 4.69) is 20.9 Å². The smallest absolute Gasteiger partial charge is 0.219 e. The lowest BCUT2D eigenvalue weighted by Crippen LogP contribution is -1.96. The fraction of sp³-hybridized carbons (Fsp3) is 0.0833. The van der Waals surface area contributed by atoms with Crippen molar-refractivity contribution in [2.75, 3.05) is 0 Å². The second-order valence-electron chi connectivity index (χ2n) is 3.39. The second-order valence-corrected chi connectivity index (χ2v) is 4.71. The topological polar surface area (TPSA) is 48.1 Å². The molecule has 1 aromatic heterocycles. The minimum Gasteiger partial charge on any atom is -0.437 e. The third kappa shape index (κ3) is 3.19. The van der Waals surface area contributed by atoms with Crippen molar-refractivity contribution in [3.63, 3.8) is 0 Å². The van der Waals surface area contributed by atoms with E-state index in [1.807, 2.05) is 12.1 Å². The van der Waals surface area contributed by atoms with Gasteiger partial charge in [-0.05, 0) is 39.7 Å². The Kier molecular flexibility index (Phi) is 3.99. The van der Waals surface area contributed by atoms with Crippen molar-refractivity contribution >= 4 is 27.5 Å². The number of hydrogen-bond donors (Lipinski definition) is 1. The van der Waals surface area contributed by atoms with Crippen molar-refractivity contribution in [3.05, 3.63) is 51.6 Å². The fourth-order valence-corrected chi connectivity index (χ4v) is 1.77. The van der Waals surface area contributed by atoms with E-state index in [0.29, 0.717) is 23.2 Å². The minimum absolute atomic E-state index is 0.455. The van der Waals surface area contributed by atoms with Crippen molar-refractivity contribution in [2.45, 2.75) is 6.54 Å².